The zero-order valence-electron chi connectivity index (χ0n) is 14.6. The lowest BCUT2D eigenvalue weighted by atomic mass is 9.66. The molecule has 124 valence electrons. The Morgan fingerprint density at radius 3 is 2.05 bits per heavy atom. The molecule has 0 radical (unpaired) electrons. The Morgan fingerprint density at radius 1 is 0.905 bits per heavy atom. The third-order valence-electron chi connectivity index (χ3n) is 6.49. The van der Waals surface area contributed by atoms with Crippen molar-refractivity contribution in [1.29, 1.82) is 0 Å². The summed E-state index contributed by atoms with van der Waals surface area (Å²) in [7, 11) is 0. The van der Waals surface area contributed by atoms with Crippen LogP contribution in [0.5, 0.6) is 0 Å². The van der Waals surface area contributed by atoms with E-state index in [0.29, 0.717) is 17.8 Å². The van der Waals surface area contributed by atoms with Crippen LogP contribution in [0.2, 0.25) is 0 Å². The zero-order chi connectivity index (χ0) is 15.2. The van der Waals surface area contributed by atoms with E-state index < -0.39 is 6.17 Å². The van der Waals surface area contributed by atoms with E-state index >= 15 is 0 Å². The highest BCUT2D eigenvalue weighted by atomic mass is 19.1. The Labute approximate surface area is 132 Å². The van der Waals surface area contributed by atoms with Gasteiger partial charge in [0.05, 0.1) is 0 Å². The topological polar surface area (TPSA) is 0 Å². The Hall–Kier alpha value is -0.0700. The molecule has 2 unspecified atom stereocenters. The Bertz CT molecular complexity index is 274. The van der Waals surface area contributed by atoms with Gasteiger partial charge in [-0.2, -0.15) is 0 Å². The monoisotopic (exact) mass is 296 g/mol. The molecule has 0 aliphatic heterocycles. The van der Waals surface area contributed by atoms with Crippen molar-refractivity contribution in [1.82, 2.24) is 0 Å². The lowest BCUT2D eigenvalue weighted by molar-refractivity contribution is 0.0542. The van der Waals surface area contributed by atoms with Crippen molar-refractivity contribution in [3.8, 4) is 0 Å². The van der Waals surface area contributed by atoms with Gasteiger partial charge in [-0.1, -0.05) is 52.9 Å². The summed E-state index contributed by atoms with van der Waals surface area (Å²) < 4.78 is 14.4. The minimum absolute atomic E-state index is 0.401. The smallest absolute Gasteiger partial charge is 0.103 e. The fourth-order valence-electron chi connectivity index (χ4n) is 5.27. The van der Waals surface area contributed by atoms with Crippen molar-refractivity contribution in [3.63, 3.8) is 0 Å². The summed E-state index contributed by atoms with van der Waals surface area (Å²) in [6.45, 7) is 6.87. The average molecular weight is 297 g/mol. The lowest BCUT2D eigenvalue weighted by Crippen LogP contribution is -2.34. The predicted octanol–water partition coefficient (Wildman–Crippen LogP) is 6.78. The molecule has 0 aromatic rings. The second-order valence-corrected chi connectivity index (χ2v) is 8.11. The van der Waals surface area contributed by atoms with E-state index in [1.54, 1.807) is 0 Å². The molecule has 1 heteroatoms. The molecule has 0 spiro atoms. The summed E-state index contributed by atoms with van der Waals surface area (Å²) in [5.41, 5.74) is 0. The van der Waals surface area contributed by atoms with Crippen molar-refractivity contribution < 1.29 is 4.39 Å². The first kappa shape index (κ1) is 17.3. The molecule has 0 saturated heterocycles. The van der Waals surface area contributed by atoms with Crippen molar-refractivity contribution in [2.75, 3.05) is 0 Å². The third-order valence-corrected chi connectivity index (χ3v) is 6.49. The molecule has 0 amide bonds. The van der Waals surface area contributed by atoms with Gasteiger partial charge < -0.3 is 0 Å². The van der Waals surface area contributed by atoms with E-state index in [2.05, 4.69) is 20.8 Å². The molecule has 2 aliphatic carbocycles. The van der Waals surface area contributed by atoms with Crippen LogP contribution in [0.15, 0.2) is 0 Å². The summed E-state index contributed by atoms with van der Waals surface area (Å²) in [5.74, 6) is 3.62. The van der Waals surface area contributed by atoms with Crippen molar-refractivity contribution >= 4 is 0 Å². The molecule has 21 heavy (non-hydrogen) atoms. The van der Waals surface area contributed by atoms with Gasteiger partial charge in [-0.25, -0.2) is 4.39 Å². The molecular formula is C20H37F. The highest BCUT2D eigenvalue weighted by Crippen LogP contribution is 2.45. The van der Waals surface area contributed by atoms with Crippen LogP contribution in [-0.2, 0) is 0 Å². The average Bonchev–Trinajstić information content (AvgIpc) is 2.47. The minimum atomic E-state index is -0.502. The number of hydrogen-bond donors (Lipinski definition) is 0. The summed E-state index contributed by atoms with van der Waals surface area (Å²) in [6.07, 6.45) is 13.6. The Kier molecular flexibility index (Phi) is 7.02. The second-order valence-electron chi connectivity index (χ2n) is 8.11. The summed E-state index contributed by atoms with van der Waals surface area (Å²) in [5, 5.41) is 0. The van der Waals surface area contributed by atoms with E-state index in [9.17, 15) is 4.39 Å². The van der Waals surface area contributed by atoms with Gasteiger partial charge in [-0.05, 0) is 68.1 Å². The fraction of sp³-hybridized carbons (Fsp3) is 1.00. The van der Waals surface area contributed by atoms with Gasteiger partial charge in [-0.15, -0.1) is 0 Å². The second kappa shape index (κ2) is 8.53. The normalized spacial score (nSPS) is 37.9. The molecule has 0 bridgehead atoms. The minimum Gasteiger partial charge on any atom is -0.247 e. The van der Waals surface area contributed by atoms with Crippen molar-refractivity contribution in [3.05, 3.63) is 0 Å². The number of rotatable bonds is 6. The van der Waals surface area contributed by atoms with Crippen LogP contribution < -0.4 is 0 Å². The van der Waals surface area contributed by atoms with Gasteiger partial charge in [0, 0.05) is 0 Å². The van der Waals surface area contributed by atoms with Crippen LogP contribution in [0, 0.1) is 29.6 Å². The van der Waals surface area contributed by atoms with E-state index in [1.807, 2.05) is 0 Å². The van der Waals surface area contributed by atoms with Crippen LogP contribution in [0.4, 0.5) is 4.39 Å². The van der Waals surface area contributed by atoms with E-state index in [0.717, 1.165) is 24.7 Å². The third kappa shape index (κ3) is 4.70. The highest BCUT2D eigenvalue weighted by Gasteiger charge is 2.37. The molecule has 0 aromatic carbocycles. The first-order valence-electron chi connectivity index (χ1n) is 9.79. The number of halogens is 1. The fourth-order valence-corrected chi connectivity index (χ4v) is 5.27. The summed E-state index contributed by atoms with van der Waals surface area (Å²) >= 11 is 0. The van der Waals surface area contributed by atoms with Crippen molar-refractivity contribution in [2.45, 2.75) is 97.6 Å². The maximum Gasteiger partial charge on any atom is 0.103 e. The van der Waals surface area contributed by atoms with Gasteiger partial charge in [0.2, 0.25) is 0 Å². The van der Waals surface area contributed by atoms with E-state index in [-0.39, 0.29) is 0 Å². The van der Waals surface area contributed by atoms with Gasteiger partial charge in [0.25, 0.3) is 0 Å². The maximum atomic E-state index is 14.4. The first-order chi connectivity index (χ1) is 10.2. The van der Waals surface area contributed by atoms with Crippen LogP contribution >= 0.6 is 0 Å². The maximum absolute atomic E-state index is 14.4. The molecule has 3 atom stereocenters. The molecule has 0 nitrogen and oxygen atoms in total. The van der Waals surface area contributed by atoms with Crippen LogP contribution in [-0.4, -0.2) is 6.17 Å². The van der Waals surface area contributed by atoms with Gasteiger partial charge in [-0.3, -0.25) is 0 Å². The van der Waals surface area contributed by atoms with Crippen molar-refractivity contribution in [2.24, 2.45) is 29.6 Å². The van der Waals surface area contributed by atoms with E-state index in [1.165, 1.54) is 57.8 Å². The quantitative estimate of drug-likeness (QED) is 0.506. The Morgan fingerprint density at radius 2 is 1.52 bits per heavy atom. The summed E-state index contributed by atoms with van der Waals surface area (Å²) in [4.78, 5) is 0. The van der Waals surface area contributed by atoms with Crippen LogP contribution in [0.25, 0.3) is 0 Å². The zero-order valence-corrected chi connectivity index (χ0v) is 14.6. The standard InChI is InChI=1S/C20H37F/c1-4-6-16(7-5-2)17-9-11-18(12-10-17)19-13-8-15(3)14-20(19)21/h15-20H,4-14H2,1-3H3/t15-,17?,18?,19?,20?/m0/s1. The van der Waals surface area contributed by atoms with Gasteiger partial charge in [0.15, 0.2) is 0 Å². The molecule has 0 aromatic heterocycles. The largest absolute Gasteiger partial charge is 0.247 e. The predicted molar refractivity (Wildman–Crippen MR) is 90.2 cm³/mol. The molecule has 0 heterocycles. The number of hydrogen-bond acceptors (Lipinski definition) is 0. The molecule has 2 saturated carbocycles. The number of alkyl halides is 1. The van der Waals surface area contributed by atoms with Crippen LogP contribution in [0.1, 0.15) is 91.4 Å². The SMILES string of the molecule is CCCC(CCC)C1CCC(C2CC[C@H](C)CC2F)CC1. The first-order valence-corrected chi connectivity index (χ1v) is 9.79. The molecule has 0 N–H and O–H groups in total. The molecule has 2 rings (SSSR count). The highest BCUT2D eigenvalue weighted by molar-refractivity contribution is 4.87. The molecule has 2 aliphatic rings. The molecular weight excluding hydrogens is 259 g/mol. The molecule has 2 fully saturated rings. The van der Waals surface area contributed by atoms with E-state index in [4.69, 9.17) is 0 Å². The van der Waals surface area contributed by atoms with Gasteiger partial charge in [0.1, 0.15) is 6.17 Å². The van der Waals surface area contributed by atoms with Gasteiger partial charge >= 0.3 is 0 Å². The summed E-state index contributed by atoms with van der Waals surface area (Å²) in [6, 6.07) is 0. The lowest BCUT2D eigenvalue weighted by Gasteiger charge is -2.41. The Balaban J connectivity index is 1.82. The van der Waals surface area contributed by atoms with Crippen LogP contribution in [0.3, 0.4) is 0 Å².